The highest BCUT2D eigenvalue weighted by atomic mass is 16.5. The number of hydrogen-bond acceptors (Lipinski definition) is 5. The zero-order valence-corrected chi connectivity index (χ0v) is 16.1. The average molecular weight is 368 g/mol. The molecule has 27 heavy (non-hydrogen) atoms. The molecule has 1 fully saturated rings. The smallest absolute Gasteiger partial charge is 0.142 e. The lowest BCUT2D eigenvalue weighted by atomic mass is 9.84. The summed E-state index contributed by atoms with van der Waals surface area (Å²) in [6, 6.07) is 14.6. The van der Waals surface area contributed by atoms with Crippen LogP contribution in [-0.4, -0.2) is 62.6 Å². The van der Waals surface area contributed by atoms with Crippen molar-refractivity contribution in [3.8, 4) is 11.5 Å². The number of methoxy groups -OCH3 is 2. The lowest BCUT2D eigenvalue weighted by Gasteiger charge is -2.44. The highest BCUT2D eigenvalue weighted by molar-refractivity contribution is 5.58. The molecule has 2 aromatic rings. The van der Waals surface area contributed by atoms with Gasteiger partial charge in [-0.3, -0.25) is 4.90 Å². The maximum absolute atomic E-state index is 10.8. The highest BCUT2D eigenvalue weighted by Crippen LogP contribution is 2.33. The molecule has 1 N–H and O–H groups in total. The van der Waals surface area contributed by atoms with Crippen LogP contribution >= 0.6 is 0 Å². The van der Waals surface area contributed by atoms with Gasteiger partial charge in [0, 0.05) is 38.6 Å². The van der Waals surface area contributed by atoms with E-state index in [4.69, 9.17) is 9.47 Å². The molecular weight excluding hydrogens is 340 g/mol. The molecule has 1 aliphatic carbocycles. The van der Waals surface area contributed by atoms with E-state index >= 15 is 0 Å². The summed E-state index contributed by atoms with van der Waals surface area (Å²) in [4.78, 5) is 4.82. The first-order chi connectivity index (χ1) is 13.2. The van der Waals surface area contributed by atoms with Crippen molar-refractivity contribution in [2.45, 2.75) is 25.0 Å². The Kier molecular flexibility index (Phi) is 5.23. The van der Waals surface area contributed by atoms with Crippen LogP contribution in [0.3, 0.4) is 0 Å². The molecule has 5 heteroatoms. The maximum atomic E-state index is 10.8. The molecule has 1 saturated heterocycles. The lowest BCUT2D eigenvalue weighted by molar-refractivity contribution is 0.0389. The van der Waals surface area contributed by atoms with Crippen LogP contribution in [0.1, 0.15) is 11.1 Å². The third kappa shape index (κ3) is 3.49. The van der Waals surface area contributed by atoms with Crippen molar-refractivity contribution in [2.24, 2.45) is 0 Å². The molecule has 2 atom stereocenters. The summed E-state index contributed by atoms with van der Waals surface area (Å²) in [6.07, 6.45) is 1.19. The Morgan fingerprint density at radius 2 is 1.56 bits per heavy atom. The van der Waals surface area contributed by atoms with Gasteiger partial charge in [-0.25, -0.2) is 0 Å². The molecule has 1 heterocycles. The molecule has 0 bridgehead atoms. The molecule has 4 rings (SSSR count). The van der Waals surface area contributed by atoms with Gasteiger partial charge in [0.05, 0.1) is 26.0 Å². The number of nitrogens with zero attached hydrogens (tertiary/aromatic N) is 2. The summed E-state index contributed by atoms with van der Waals surface area (Å²) in [5.74, 6) is 1.82. The number of benzene rings is 2. The van der Waals surface area contributed by atoms with Crippen molar-refractivity contribution in [1.29, 1.82) is 0 Å². The van der Waals surface area contributed by atoms with Crippen molar-refractivity contribution in [1.82, 2.24) is 4.90 Å². The van der Waals surface area contributed by atoms with Crippen molar-refractivity contribution >= 4 is 5.69 Å². The molecule has 2 aromatic carbocycles. The lowest BCUT2D eigenvalue weighted by Crippen LogP contribution is -2.56. The summed E-state index contributed by atoms with van der Waals surface area (Å²) >= 11 is 0. The zero-order chi connectivity index (χ0) is 18.8. The largest absolute Gasteiger partial charge is 0.496 e. The predicted molar refractivity (Wildman–Crippen MR) is 107 cm³/mol. The Labute approximate surface area is 161 Å². The summed E-state index contributed by atoms with van der Waals surface area (Å²) in [6.45, 7) is 3.77. The van der Waals surface area contributed by atoms with E-state index in [-0.39, 0.29) is 12.1 Å². The van der Waals surface area contributed by atoms with Crippen molar-refractivity contribution < 1.29 is 14.6 Å². The number of piperazine rings is 1. The van der Waals surface area contributed by atoms with Gasteiger partial charge in [-0.05, 0) is 35.7 Å². The van der Waals surface area contributed by atoms with Crippen LogP contribution in [0.5, 0.6) is 11.5 Å². The molecule has 0 aromatic heterocycles. The molecular formula is C22H28N2O3. The Bertz CT molecular complexity index is 787. The molecule has 0 unspecified atom stereocenters. The number of rotatable bonds is 4. The monoisotopic (exact) mass is 368 g/mol. The number of aliphatic hydroxyl groups is 1. The molecule has 0 spiro atoms. The van der Waals surface area contributed by atoms with Crippen molar-refractivity contribution in [2.75, 3.05) is 45.3 Å². The van der Waals surface area contributed by atoms with Crippen molar-refractivity contribution in [3.63, 3.8) is 0 Å². The quantitative estimate of drug-likeness (QED) is 0.898. The maximum Gasteiger partial charge on any atom is 0.142 e. The fraction of sp³-hybridized carbons (Fsp3) is 0.455. The van der Waals surface area contributed by atoms with Crippen LogP contribution < -0.4 is 14.4 Å². The predicted octanol–water partition coefficient (Wildman–Crippen LogP) is 2.35. The van der Waals surface area contributed by atoms with Gasteiger partial charge in [-0.1, -0.05) is 24.3 Å². The molecule has 0 saturated carbocycles. The van der Waals surface area contributed by atoms with Crippen LogP contribution in [0.25, 0.3) is 0 Å². The summed E-state index contributed by atoms with van der Waals surface area (Å²) < 4.78 is 11.0. The van der Waals surface area contributed by atoms with Gasteiger partial charge < -0.3 is 19.5 Å². The fourth-order valence-corrected chi connectivity index (χ4v) is 4.49. The summed E-state index contributed by atoms with van der Waals surface area (Å²) in [5, 5.41) is 10.8. The number of aliphatic hydroxyl groups excluding tert-OH is 1. The van der Waals surface area contributed by atoms with Gasteiger partial charge >= 0.3 is 0 Å². The van der Waals surface area contributed by atoms with Crippen LogP contribution in [-0.2, 0) is 12.8 Å². The topological polar surface area (TPSA) is 45.2 Å². The first-order valence-corrected chi connectivity index (χ1v) is 9.66. The van der Waals surface area contributed by atoms with Gasteiger partial charge in [-0.15, -0.1) is 0 Å². The summed E-state index contributed by atoms with van der Waals surface area (Å²) in [5.41, 5.74) is 3.62. The second kappa shape index (κ2) is 7.79. The number of fused-ring (bicyclic) bond motifs is 1. The SMILES string of the molecule is COc1ccccc1N1CCN([C@@H]2Cc3cccc(OC)c3C[C@H]2O)CC1. The zero-order valence-electron chi connectivity index (χ0n) is 16.1. The van der Waals surface area contributed by atoms with Crippen LogP contribution in [0.4, 0.5) is 5.69 Å². The van der Waals surface area contributed by atoms with E-state index < -0.39 is 0 Å². The van der Waals surface area contributed by atoms with Crippen LogP contribution in [0.15, 0.2) is 42.5 Å². The number of ether oxygens (including phenoxy) is 2. The van der Waals surface area contributed by atoms with Gasteiger partial charge in [0.1, 0.15) is 11.5 Å². The van der Waals surface area contributed by atoms with Gasteiger partial charge in [0.25, 0.3) is 0 Å². The number of anilines is 1. The standard InChI is InChI=1S/C22H28N2O3/c1-26-21-9-5-6-16-14-19(20(25)15-17(16)21)24-12-10-23(11-13-24)18-7-3-4-8-22(18)27-2/h3-9,19-20,25H,10-15H2,1-2H3/t19-,20-/m1/s1. The Hall–Kier alpha value is -2.24. The molecule has 5 nitrogen and oxygen atoms in total. The first-order valence-electron chi connectivity index (χ1n) is 9.66. The minimum absolute atomic E-state index is 0.171. The first kappa shape index (κ1) is 18.1. The Balaban J connectivity index is 1.45. The number of hydrogen-bond donors (Lipinski definition) is 1. The Morgan fingerprint density at radius 3 is 2.30 bits per heavy atom. The third-order valence-corrected chi connectivity index (χ3v) is 5.95. The molecule has 2 aliphatic rings. The summed E-state index contributed by atoms with van der Waals surface area (Å²) in [7, 11) is 3.42. The van der Waals surface area contributed by atoms with E-state index in [9.17, 15) is 5.11 Å². The van der Waals surface area contributed by atoms with E-state index in [0.29, 0.717) is 6.42 Å². The molecule has 0 amide bonds. The van der Waals surface area contributed by atoms with E-state index in [1.54, 1.807) is 14.2 Å². The van der Waals surface area contributed by atoms with Crippen LogP contribution in [0, 0.1) is 0 Å². The molecule has 1 aliphatic heterocycles. The minimum atomic E-state index is -0.355. The van der Waals surface area contributed by atoms with Crippen molar-refractivity contribution in [3.05, 3.63) is 53.6 Å². The average Bonchev–Trinajstić information content (AvgIpc) is 2.73. The third-order valence-electron chi connectivity index (χ3n) is 5.95. The molecule has 144 valence electrons. The highest BCUT2D eigenvalue weighted by Gasteiger charge is 2.34. The molecule has 0 radical (unpaired) electrons. The van der Waals surface area contributed by atoms with E-state index in [0.717, 1.165) is 55.3 Å². The second-order valence-electron chi connectivity index (χ2n) is 7.34. The van der Waals surface area contributed by atoms with E-state index in [1.807, 2.05) is 24.3 Å². The number of para-hydroxylation sites is 2. The van der Waals surface area contributed by atoms with E-state index in [1.165, 1.54) is 5.56 Å². The van der Waals surface area contributed by atoms with Gasteiger partial charge in [0.15, 0.2) is 0 Å². The Morgan fingerprint density at radius 1 is 0.852 bits per heavy atom. The van der Waals surface area contributed by atoms with Gasteiger partial charge in [0.2, 0.25) is 0 Å². The van der Waals surface area contributed by atoms with Crippen LogP contribution in [0.2, 0.25) is 0 Å². The fourth-order valence-electron chi connectivity index (χ4n) is 4.49. The van der Waals surface area contributed by atoms with E-state index in [2.05, 4.69) is 28.0 Å². The van der Waals surface area contributed by atoms with Gasteiger partial charge in [-0.2, -0.15) is 0 Å². The normalized spacial score (nSPS) is 23.0. The minimum Gasteiger partial charge on any atom is -0.496 e. The second-order valence-corrected chi connectivity index (χ2v) is 7.34.